The standard InChI is InChI=1S/C7H13NO2/c1-6-4-7(5-8-9)2-3-10-6/h5-7,9H,2-4H2,1H3. The molecule has 0 saturated carbocycles. The molecule has 0 spiro atoms. The second-order valence-electron chi connectivity index (χ2n) is 2.73. The molecule has 1 heterocycles. The SMILES string of the molecule is CC1CC(C=NO)CCO1. The van der Waals surface area contributed by atoms with Crippen LogP contribution in [0.4, 0.5) is 0 Å². The quantitative estimate of drug-likeness (QED) is 0.341. The van der Waals surface area contributed by atoms with Crippen LogP contribution in [0.2, 0.25) is 0 Å². The summed E-state index contributed by atoms with van der Waals surface area (Å²) < 4.78 is 5.31. The molecule has 58 valence electrons. The van der Waals surface area contributed by atoms with Gasteiger partial charge in [-0.2, -0.15) is 0 Å². The Balaban J connectivity index is 2.32. The summed E-state index contributed by atoms with van der Waals surface area (Å²) in [4.78, 5) is 0. The van der Waals surface area contributed by atoms with Crippen LogP contribution in [0.5, 0.6) is 0 Å². The first-order valence-corrected chi connectivity index (χ1v) is 3.62. The van der Waals surface area contributed by atoms with Crippen LogP contribution >= 0.6 is 0 Å². The lowest BCUT2D eigenvalue weighted by atomic mass is 9.98. The lowest BCUT2D eigenvalue weighted by Gasteiger charge is -2.23. The average molecular weight is 143 g/mol. The molecule has 1 rings (SSSR count). The topological polar surface area (TPSA) is 41.8 Å². The van der Waals surface area contributed by atoms with Crippen molar-refractivity contribution in [3.05, 3.63) is 0 Å². The third kappa shape index (κ3) is 1.99. The Hall–Kier alpha value is -0.570. The molecule has 0 aromatic rings. The predicted octanol–water partition coefficient (Wildman–Crippen LogP) is 1.26. The lowest BCUT2D eigenvalue weighted by Crippen LogP contribution is -2.23. The first kappa shape index (κ1) is 7.54. The van der Waals surface area contributed by atoms with Crippen molar-refractivity contribution >= 4 is 6.21 Å². The molecule has 10 heavy (non-hydrogen) atoms. The Kier molecular flexibility index (Phi) is 2.68. The number of rotatable bonds is 1. The van der Waals surface area contributed by atoms with Crippen LogP contribution in [0, 0.1) is 5.92 Å². The summed E-state index contributed by atoms with van der Waals surface area (Å²) in [7, 11) is 0. The summed E-state index contributed by atoms with van der Waals surface area (Å²) in [5, 5.41) is 11.2. The molecule has 0 aromatic heterocycles. The van der Waals surface area contributed by atoms with Crippen molar-refractivity contribution in [1.82, 2.24) is 0 Å². The highest BCUT2D eigenvalue weighted by molar-refractivity contribution is 5.59. The first-order chi connectivity index (χ1) is 4.83. The summed E-state index contributed by atoms with van der Waals surface area (Å²) in [6.07, 6.45) is 3.87. The Bertz CT molecular complexity index is 125. The molecule has 3 heteroatoms. The van der Waals surface area contributed by atoms with Gasteiger partial charge in [-0.1, -0.05) is 0 Å². The third-order valence-electron chi connectivity index (χ3n) is 1.80. The Morgan fingerprint density at radius 3 is 3.10 bits per heavy atom. The molecule has 1 aliphatic heterocycles. The van der Waals surface area contributed by atoms with Crippen LogP contribution in [0.25, 0.3) is 0 Å². The summed E-state index contributed by atoms with van der Waals surface area (Å²) in [6.45, 7) is 2.83. The number of oxime groups is 1. The van der Waals surface area contributed by atoms with Gasteiger partial charge in [0.1, 0.15) is 0 Å². The van der Waals surface area contributed by atoms with Gasteiger partial charge < -0.3 is 9.94 Å². The Morgan fingerprint density at radius 1 is 1.70 bits per heavy atom. The molecular weight excluding hydrogens is 130 g/mol. The Labute approximate surface area is 60.7 Å². The molecule has 0 bridgehead atoms. The molecule has 1 aliphatic rings. The van der Waals surface area contributed by atoms with E-state index in [0.29, 0.717) is 12.0 Å². The van der Waals surface area contributed by atoms with Gasteiger partial charge in [0.25, 0.3) is 0 Å². The monoisotopic (exact) mass is 143 g/mol. The highest BCUT2D eigenvalue weighted by atomic mass is 16.5. The van der Waals surface area contributed by atoms with Crippen LogP contribution in [0.15, 0.2) is 5.16 Å². The molecule has 2 unspecified atom stereocenters. The van der Waals surface area contributed by atoms with Crippen LogP contribution in [-0.4, -0.2) is 24.1 Å². The maximum absolute atomic E-state index is 8.23. The van der Waals surface area contributed by atoms with E-state index in [1.807, 2.05) is 6.92 Å². The summed E-state index contributed by atoms with van der Waals surface area (Å²) in [6, 6.07) is 0. The second-order valence-corrected chi connectivity index (χ2v) is 2.73. The Morgan fingerprint density at radius 2 is 2.50 bits per heavy atom. The van der Waals surface area contributed by atoms with Crippen molar-refractivity contribution < 1.29 is 9.94 Å². The highest BCUT2D eigenvalue weighted by Gasteiger charge is 2.17. The number of ether oxygens (including phenoxy) is 1. The van der Waals surface area contributed by atoms with Gasteiger partial charge in [-0.25, -0.2) is 0 Å². The van der Waals surface area contributed by atoms with Gasteiger partial charge in [-0.15, -0.1) is 5.16 Å². The van der Waals surface area contributed by atoms with Gasteiger partial charge in [0.15, 0.2) is 0 Å². The fourth-order valence-electron chi connectivity index (χ4n) is 1.26. The van der Waals surface area contributed by atoms with E-state index in [2.05, 4.69) is 5.16 Å². The van der Waals surface area contributed by atoms with E-state index in [9.17, 15) is 0 Å². The summed E-state index contributed by atoms with van der Waals surface area (Å²) in [5.41, 5.74) is 0. The minimum absolute atomic E-state index is 0.316. The largest absolute Gasteiger partial charge is 0.411 e. The molecular formula is C7H13NO2. The van der Waals surface area contributed by atoms with Crippen molar-refractivity contribution in [2.75, 3.05) is 6.61 Å². The van der Waals surface area contributed by atoms with Gasteiger partial charge >= 0.3 is 0 Å². The third-order valence-corrected chi connectivity index (χ3v) is 1.80. The van der Waals surface area contributed by atoms with E-state index in [-0.39, 0.29) is 0 Å². The van der Waals surface area contributed by atoms with Gasteiger partial charge in [0.2, 0.25) is 0 Å². The van der Waals surface area contributed by atoms with E-state index in [0.717, 1.165) is 19.4 Å². The van der Waals surface area contributed by atoms with Gasteiger partial charge in [0, 0.05) is 18.7 Å². The van der Waals surface area contributed by atoms with Crippen molar-refractivity contribution in [2.45, 2.75) is 25.9 Å². The molecule has 1 fully saturated rings. The van der Waals surface area contributed by atoms with E-state index >= 15 is 0 Å². The van der Waals surface area contributed by atoms with Crippen LogP contribution in [0.3, 0.4) is 0 Å². The fourth-order valence-corrected chi connectivity index (χ4v) is 1.26. The smallest absolute Gasteiger partial charge is 0.0553 e. The zero-order valence-electron chi connectivity index (χ0n) is 6.16. The van der Waals surface area contributed by atoms with Crippen molar-refractivity contribution in [1.29, 1.82) is 0 Å². The molecule has 1 N–H and O–H groups in total. The zero-order valence-corrected chi connectivity index (χ0v) is 6.16. The molecule has 0 amide bonds. The van der Waals surface area contributed by atoms with E-state index in [1.165, 1.54) is 0 Å². The number of hydrogen-bond acceptors (Lipinski definition) is 3. The van der Waals surface area contributed by atoms with Crippen LogP contribution < -0.4 is 0 Å². The summed E-state index contributed by atoms with van der Waals surface area (Å²) >= 11 is 0. The molecule has 3 nitrogen and oxygen atoms in total. The minimum Gasteiger partial charge on any atom is -0.411 e. The average Bonchev–Trinajstić information content (AvgIpc) is 1.88. The van der Waals surface area contributed by atoms with Gasteiger partial charge in [-0.05, 0) is 19.8 Å². The first-order valence-electron chi connectivity index (χ1n) is 3.62. The van der Waals surface area contributed by atoms with E-state index in [4.69, 9.17) is 9.94 Å². The van der Waals surface area contributed by atoms with Crippen molar-refractivity contribution in [3.63, 3.8) is 0 Å². The van der Waals surface area contributed by atoms with Crippen molar-refractivity contribution in [2.24, 2.45) is 11.1 Å². The molecule has 0 radical (unpaired) electrons. The minimum atomic E-state index is 0.316. The normalized spacial score (nSPS) is 34.9. The number of nitrogens with zero attached hydrogens (tertiary/aromatic N) is 1. The zero-order chi connectivity index (χ0) is 7.40. The molecule has 0 aliphatic carbocycles. The van der Waals surface area contributed by atoms with Crippen LogP contribution in [0.1, 0.15) is 19.8 Å². The summed E-state index contributed by atoms with van der Waals surface area (Å²) in [5.74, 6) is 0.411. The van der Waals surface area contributed by atoms with Gasteiger partial charge in [-0.3, -0.25) is 0 Å². The molecule has 2 atom stereocenters. The van der Waals surface area contributed by atoms with E-state index < -0.39 is 0 Å². The number of hydrogen-bond donors (Lipinski definition) is 1. The maximum atomic E-state index is 8.23. The van der Waals surface area contributed by atoms with E-state index in [1.54, 1.807) is 6.21 Å². The second kappa shape index (κ2) is 3.56. The molecule has 1 saturated heterocycles. The maximum Gasteiger partial charge on any atom is 0.0553 e. The fraction of sp³-hybridized carbons (Fsp3) is 0.857. The molecule has 0 aromatic carbocycles. The predicted molar refractivity (Wildman–Crippen MR) is 38.4 cm³/mol. The highest BCUT2D eigenvalue weighted by Crippen LogP contribution is 2.17. The lowest BCUT2D eigenvalue weighted by molar-refractivity contribution is 0.0167. The van der Waals surface area contributed by atoms with Gasteiger partial charge in [0.05, 0.1) is 6.10 Å². The van der Waals surface area contributed by atoms with Crippen molar-refractivity contribution in [3.8, 4) is 0 Å². The van der Waals surface area contributed by atoms with Crippen LogP contribution in [-0.2, 0) is 4.74 Å².